The Labute approximate surface area is 141 Å². The lowest BCUT2D eigenvalue weighted by atomic mass is 10.1. The maximum Gasteiger partial charge on any atom is 0.271 e. The van der Waals surface area contributed by atoms with E-state index in [0.717, 1.165) is 42.0 Å². The van der Waals surface area contributed by atoms with Gasteiger partial charge in [0, 0.05) is 11.3 Å². The number of hydrogen-bond acceptors (Lipinski definition) is 4. The van der Waals surface area contributed by atoms with E-state index in [9.17, 15) is 4.79 Å². The SMILES string of the molecule is C/C(CCc1ccc2c(c1)OCO2)=N\NC(=O)C1=CCC=CC=C1. The first-order valence-corrected chi connectivity index (χ1v) is 7.98. The molecule has 1 heterocycles. The van der Waals surface area contributed by atoms with Crippen LogP contribution in [0.4, 0.5) is 0 Å². The maximum absolute atomic E-state index is 12.1. The summed E-state index contributed by atoms with van der Waals surface area (Å²) < 4.78 is 10.7. The number of allylic oxidation sites excluding steroid dienone is 4. The van der Waals surface area contributed by atoms with E-state index in [-0.39, 0.29) is 12.7 Å². The van der Waals surface area contributed by atoms with Gasteiger partial charge < -0.3 is 9.47 Å². The molecule has 0 saturated carbocycles. The van der Waals surface area contributed by atoms with E-state index < -0.39 is 0 Å². The van der Waals surface area contributed by atoms with Gasteiger partial charge in [0.1, 0.15) is 0 Å². The minimum atomic E-state index is -0.183. The van der Waals surface area contributed by atoms with Crippen LogP contribution in [0, 0.1) is 0 Å². The van der Waals surface area contributed by atoms with Crippen molar-refractivity contribution in [1.82, 2.24) is 5.43 Å². The highest BCUT2D eigenvalue weighted by atomic mass is 16.7. The molecule has 5 heteroatoms. The molecule has 0 fully saturated rings. The fraction of sp³-hybridized carbons (Fsp3) is 0.263. The minimum Gasteiger partial charge on any atom is -0.454 e. The Morgan fingerprint density at radius 3 is 3.04 bits per heavy atom. The van der Waals surface area contributed by atoms with Crippen LogP contribution in [-0.2, 0) is 11.2 Å². The Morgan fingerprint density at radius 2 is 2.12 bits per heavy atom. The molecule has 0 bridgehead atoms. The van der Waals surface area contributed by atoms with Gasteiger partial charge in [-0.2, -0.15) is 5.10 Å². The fourth-order valence-corrected chi connectivity index (χ4v) is 2.44. The standard InChI is InChI=1S/C19H20N2O3/c1-14(20-21-19(22)16-6-4-2-3-5-7-16)8-9-15-10-11-17-18(12-15)24-13-23-17/h2-4,6-7,10-12H,5,8-9,13H2,1H3,(H,21,22)/b20-14+. The van der Waals surface area contributed by atoms with Gasteiger partial charge in [-0.05, 0) is 50.0 Å². The molecule has 1 aromatic rings. The van der Waals surface area contributed by atoms with Gasteiger partial charge in [-0.3, -0.25) is 4.79 Å². The number of fused-ring (bicyclic) bond motifs is 1. The number of hydrogen-bond donors (Lipinski definition) is 1. The molecule has 1 aliphatic heterocycles. The van der Waals surface area contributed by atoms with E-state index >= 15 is 0 Å². The topological polar surface area (TPSA) is 59.9 Å². The molecule has 1 amide bonds. The molecule has 0 spiro atoms. The van der Waals surface area contributed by atoms with Crippen molar-refractivity contribution in [2.45, 2.75) is 26.2 Å². The maximum atomic E-state index is 12.1. The van der Waals surface area contributed by atoms with E-state index in [1.54, 1.807) is 6.08 Å². The zero-order chi connectivity index (χ0) is 16.8. The summed E-state index contributed by atoms with van der Waals surface area (Å²) in [5, 5.41) is 4.18. The number of amides is 1. The van der Waals surface area contributed by atoms with Crippen LogP contribution in [0.1, 0.15) is 25.3 Å². The van der Waals surface area contributed by atoms with Gasteiger partial charge in [-0.1, -0.05) is 30.4 Å². The third kappa shape index (κ3) is 4.13. The Balaban J connectivity index is 1.51. The van der Waals surface area contributed by atoms with Gasteiger partial charge in [0.2, 0.25) is 6.79 Å². The summed E-state index contributed by atoms with van der Waals surface area (Å²) in [5.74, 6) is 1.39. The molecule has 0 radical (unpaired) electrons. The molecular formula is C19H20N2O3. The number of hydrazone groups is 1. The predicted octanol–water partition coefficient (Wildman–Crippen LogP) is 3.28. The number of nitrogens with one attached hydrogen (secondary N) is 1. The van der Waals surface area contributed by atoms with Crippen LogP contribution in [0.5, 0.6) is 11.5 Å². The molecule has 0 aromatic heterocycles. The smallest absolute Gasteiger partial charge is 0.271 e. The second kappa shape index (κ2) is 7.64. The third-order valence-corrected chi connectivity index (χ3v) is 3.82. The predicted molar refractivity (Wildman–Crippen MR) is 93.1 cm³/mol. The number of nitrogens with zero attached hydrogens (tertiary/aromatic N) is 1. The molecular weight excluding hydrogens is 304 g/mol. The Bertz CT molecular complexity index is 745. The largest absolute Gasteiger partial charge is 0.454 e. The van der Waals surface area contributed by atoms with E-state index in [1.165, 1.54) is 0 Å². The molecule has 1 N–H and O–H groups in total. The molecule has 24 heavy (non-hydrogen) atoms. The van der Waals surface area contributed by atoms with E-state index in [4.69, 9.17) is 9.47 Å². The van der Waals surface area contributed by atoms with Gasteiger partial charge in [-0.25, -0.2) is 5.43 Å². The van der Waals surface area contributed by atoms with Gasteiger partial charge >= 0.3 is 0 Å². The van der Waals surface area contributed by atoms with E-state index in [1.807, 2.05) is 49.4 Å². The van der Waals surface area contributed by atoms with Crippen LogP contribution >= 0.6 is 0 Å². The summed E-state index contributed by atoms with van der Waals surface area (Å²) in [4.78, 5) is 12.1. The average Bonchev–Trinajstić information content (AvgIpc) is 2.89. The molecule has 1 aliphatic carbocycles. The summed E-state index contributed by atoms with van der Waals surface area (Å²) in [7, 11) is 0. The first kappa shape index (κ1) is 16.1. The van der Waals surface area contributed by atoms with Crippen molar-refractivity contribution < 1.29 is 14.3 Å². The Hall–Kier alpha value is -2.82. The van der Waals surface area contributed by atoms with Crippen LogP contribution in [-0.4, -0.2) is 18.4 Å². The number of carbonyl (C=O) groups is 1. The highest BCUT2D eigenvalue weighted by Gasteiger charge is 2.13. The number of ether oxygens (including phenoxy) is 2. The lowest BCUT2D eigenvalue weighted by molar-refractivity contribution is -0.117. The Morgan fingerprint density at radius 1 is 1.25 bits per heavy atom. The lowest BCUT2D eigenvalue weighted by Crippen LogP contribution is -2.20. The second-order valence-corrected chi connectivity index (χ2v) is 5.66. The molecule has 1 aromatic carbocycles. The summed E-state index contributed by atoms with van der Waals surface area (Å²) in [6, 6.07) is 5.93. The number of rotatable bonds is 5. The highest BCUT2D eigenvalue weighted by Crippen LogP contribution is 2.32. The van der Waals surface area contributed by atoms with E-state index in [2.05, 4.69) is 10.5 Å². The van der Waals surface area contributed by atoms with Crippen LogP contribution in [0.3, 0.4) is 0 Å². The van der Waals surface area contributed by atoms with Gasteiger partial charge in [0.25, 0.3) is 5.91 Å². The lowest BCUT2D eigenvalue weighted by Gasteiger charge is -2.05. The molecule has 3 rings (SSSR count). The van der Waals surface area contributed by atoms with Gasteiger partial charge in [0.05, 0.1) is 0 Å². The second-order valence-electron chi connectivity index (χ2n) is 5.66. The normalized spacial score (nSPS) is 15.9. The van der Waals surface area contributed by atoms with Crippen molar-refractivity contribution in [2.75, 3.05) is 6.79 Å². The fourth-order valence-electron chi connectivity index (χ4n) is 2.44. The summed E-state index contributed by atoms with van der Waals surface area (Å²) in [6.07, 6.45) is 11.8. The highest BCUT2D eigenvalue weighted by molar-refractivity contribution is 5.97. The monoisotopic (exact) mass is 324 g/mol. The van der Waals surface area contributed by atoms with Crippen molar-refractivity contribution in [1.29, 1.82) is 0 Å². The molecule has 0 saturated heterocycles. The number of benzene rings is 1. The van der Waals surface area contributed by atoms with Crippen molar-refractivity contribution in [3.05, 3.63) is 59.7 Å². The number of aryl methyl sites for hydroxylation is 1. The van der Waals surface area contributed by atoms with Crippen molar-refractivity contribution in [2.24, 2.45) is 5.10 Å². The molecule has 2 aliphatic rings. The van der Waals surface area contributed by atoms with Gasteiger partial charge in [0.15, 0.2) is 11.5 Å². The Kier molecular flexibility index (Phi) is 5.11. The molecule has 124 valence electrons. The van der Waals surface area contributed by atoms with Gasteiger partial charge in [-0.15, -0.1) is 0 Å². The first-order chi connectivity index (χ1) is 11.7. The zero-order valence-electron chi connectivity index (χ0n) is 13.6. The zero-order valence-corrected chi connectivity index (χ0v) is 13.6. The van der Waals surface area contributed by atoms with Crippen molar-refractivity contribution >= 4 is 11.6 Å². The minimum absolute atomic E-state index is 0.183. The first-order valence-electron chi connectivity index (χ1n) is 7.98. The van der Waals surface area contributed by atoms with Crippen molar-refractivity contribution in [3.63, 3.8) is 0 Å². The number of carbonyl (C=O) groups excluding carboxylic acids is 1. The van der Waals surface area contributed by atoms with E-state index in [0.29, 0.717) is 5.57 Å². The molecule has 0 atom stereocenters. The van der Waals surface area contributed by atoms with Crippen LogP contribution < -0.4 is 14.9 Å². The van der Waals surface area contributed by atoms with Crippen molar-refractivity contribution in [3.8, 4) is 11.5 Å². The molecule has 5 nitrogen and oxygen atoms in total. The van der Waals surface area contributed by atoms with Crippen LogP contribution in [0.15, 0.2) is 59.3 Å². The summed E-state index contributed by atoms with van der Waals surface area (Å²) in [6.45, 7) is 2.19. The summed E-state index contributed by atoms with van der Waals surface area (Å²) in [5.41, 5.74) is 5.27. The van der Waals surface area contributed by atoms with Crippen LogP contribution in [0.2, 0.25) is 0 Å². The quantitative estimate of drug-likeness (QED) is 0.668. The summed E-state index contributed by atoms with van der Waals surface area (Å²) >= 11 is 0. The average molecular weight is 324 g/mol. The molecule has 0 unspecified atom stereocenters. The van der Waals surface area contributed by atoms with Crippen LogP contribution in [0.25, 0.3) is 0 Å². The third-order valence-electron chi connectivity index (χ3n) is 3.82.